The van der Waals surface area contributed by atoms with Crippen LogP contribution < -0.4 is 4.72 Å². The van der Waals surface area contributed by atoms with E-state index in [2.05, 4.69) is 4.72 Å². The normalized spacial score (nSPS) is 16.8. The third-order valence-electron chi connectivity index (χ3n) is 2.35. The summed E-state index contributed by atoms with van der Waals surface area (Å²) < 4.78 is 60.9. The predicted molar refractivity (Wildman–Crippen MR) is 61.6 cm³/mol. The number of hydrogen-bond donors (Lipinski definition) is 1. The molecule has 0 aliphatic heterocycles. The lowest BCUT2D eigenvalue weighted by Crippen LogP contribution is -2.47. The van der Waals surface area contributed by atoms with Crippen molar-refractivity contribution in [1.29, 1.82) is 0 Å². The molecule has 0 aliphatic carbocycles. The minimum atomic E-state index is -4.32. The van der Waals surface area contributed by atoms with Gasteiger partial charge < -0.3 is 0 Å². The fourth-order valence-corrected chi connectivity index (χ4v) is 3.01. The quantitative estimate of drug-likeness (QED) is 0.734. The minimum Gasteiger partial charge on any atom is -0.212 e. The van der Waals surface area contributed by atoms with Gasteiger partial charge in [-0.15, -0.1) is 11.6 Å². The van der Waals surface area contributed by atoms with Crippen LogP contribution in [0.5, 0.6) is 0 Å². The average molecular weight is 296 g/mol. The Bertz CT molecular complexity index is 326. The Kier molecular flexibility index (Phi) is 6.24. The first kappa shape index (κ1) is 17.0. The first-order valence-corrected chi connectivity index (χ1v) is 7.36. The fraction of sp³-hybridized carbons (Fsp3) is 1.00. The highest BCUT2D eigenvalue weighted by atomic mass is 35.5. The first-order chi connectivity index (χ1) is 7.54. The molecular formula is C9H17ClF3NO2S. The van der Waals surface area contributed by atoms with Gasteiger partial charge in [-0.05, 0) is 19.8 Å². The Morgan fingerprint density at radius 3 is 2.18 bits per heavy atom. The van der Waals surface area contributed by atoms with Crippen LogP contribution in [0.3, 0.4) is 0 Å². The molecule has 1 atom stereocenters. The highest BCUT2D eigenvalue weighted by Gasteiger charge is 2.30. The van der Waals surface area contributed by atoms with Crippen LogP contribution in [0, 0.1) is 0 Å². The zero-order chi connectivity index (χ0) is 13.7. The molecule has 0 heterocycles. The van der Waals surface area contributed by atoms with Crippen LogP contribution in [0.2, 0.25) is 0 Å². The molecule has 1 unspecified atom stereocenters. The van der Waals surface area contributed by atoms with Crippen molar-refractivity contribution in [1.82, 2.24) is 4.72 Å². The van der Waals surface area contributed by atoms with Gasteiger partial charge in [-0.25, -0.2) is 13.1 Å². The number of sulfonamides is 1. The molecule has 104 valence electrons. The number of hydrogen-bond acceptors (Lipinski definition) is 2. The highest BCUT2D eigenvalue weighted by Crippen LogP contribution is 2.22. The van der Waals surface area contributed by atoms with Crippen LogP contribution in [0.1, 0.15) is 33.1 Å². The summed E-state index contributed by atoms with van der Waals surface area (Å²) in [6.07, 6.45) is -5.40. The summed E-state index contributed by atoms with van der Waals surface area (Å²) in [5, 5.41) is 0. The molecule has 3 nitrogen and oxygen atoms in total. The summed E-state index contributed by atoms with van der Waals surface area (Å²) in [7, 11) is -3.72. The van der Waals surface area contributed by atoms with E-state index in [1.807, 2.05) is 0 Å². The number of nitrogens with one attached hydrogen (secondary N) is 1. The Balaban J connectivity index is 4.31. The van der Waals surface area contributed by atoms with Crippen LogP contribution in [-0.2, 0) is 10.0 Å². The molecule has 0 aromatic carbocycles. The molecule has 17 heavy (non-hydrogen) atoms. The highest BCUT2D eigenvalue weighted by molar-refractivity contribution is 7.89. The predicted octanol–water partition coefficient (Wildman–Crippen LogP) is 2.66. The minimum absolute atomic E-state index is 0.0714. The van der Waals surface area contributed by atoms with Crippen LogP contribution >= 0.6 is 11.6 Å². The van der Waals surface area contributed by atoms with Gasteiger partial charge >= 0.3 is 6.18 Å². The van der Waals surface area contributed by atoms with Crippen molar-refractivity contribution in [3.63, 3.8) is 0 Å². The van der Waals surface area contributed by atoms with Gasteiger partial charge in [-0.3, -0.25) is 0 Å². The van der Waals surface area contributed by atoms with Crippen molar-refractivity contribution < 1.29 is 21.6 Å². The molecule has 0 fully saturated rings. The zero-order valence-corrected chi connectivity index (χ0v) is 11.3. The molecule has 0 rings (SSSR count). The van der Waals surface area contributed by atoms with Gasteiger partial charge in [0.2, 0.25) is 10.0 Å². The SMILES string of the molecule is CCC(C)(CCl)NS(=O)(=O)CCCC(F)(F)F. The largest absolute Gasteiger partial charge is 0.389 e. The molecule has 0 radical (unpaired) electrons. The number of alkyl halides is 4. The second-order valence-corrected chi connectivity index (χ2v) is 6.30. The van der Waals surface area contributed by atoms with E-state index >= 15 is 0 Å². The summed E-state index contributed by atoms with van der Waals surface area (Å²) >= 11 is 5.61. The lowest BCUT2D eigenvalue weighted by atomic mass is 10.0. The van der Waals surface area contributed by atoms with E-state index in [1.54, 1.807) is 13.8 Å². The second-order valence-electron chi connectivity index (χ2n) is 4.19. The second kappa shape index (κ2) is 6.24. The van der Waals surface area contributed by atoms with Crippen LogP contribution in [-0.4, -0.2) is 31.8 Å². The van der Waals surface area contributed by atoms with Crippen molar-refractivity contribution >= 4 is 21.6 Å². The maximum Gasteiger partial charge on any atom is 0.389 e. The molecule has 8 heteroatoms. The Hall–Kier alpha value is -0.0100. The Morgan fingerprint density at radius 1 is 1.29 bits per heavy atom. The third-order valence-corrected chi connectivity index (χ3v) is 4.57. The molecule has 0 aliphatic rings. The Morgan fingerprint density at radius 2 is 1.82 bits per heavy atom. The summed E-state index contributed by atoms with van der Waals surface area (Å²) in [6, 6.07) is 0. The van der Waals surface area contributed by atoms with Crippen molar-refractivity contribution in [2.24, 2.45) is 0 Å². The maximum atomic E-state index is 11.9. The molecule has 0 saturated carbocycles. The molecule has 0 amide bonds. The molecule has 0 spiro atoms. The maximum absolute atomic E-state index is 11.9. The zero-order valence-electron chi connectivity index (χ0n) is 9.77. The van der Waals surface area contributed by atoms with E-state index in [9.17, 15) is 21.6 Å². The summed E-state index contributed by atoms with van der Waals surface area (Å²) in [6.45, 7) is 3.36. The van der Waals surface area contributed by atoms with Gasteiger partial charge in [0.15, 0.2) is 0 Å². The third kappa shape index (κ3) is 7.83. The monoisotopic (exact) mass is 295 g/mol. The van der Waals surface area contributed by atoms with Crippen LogP contribution in [0.4, 0.5) is 13.2 Å². The number of rotatable bonds is 7. The van der Waals surface area contributed by atoms with Crippen LogP contribution in [0.25, 0.3) is 0 Å². The number of halogens is 4. The lowest BCUT2D eigenvalue weighted by molar-refractivity contribution is -0.134. The lowest BCUT2D eigenvalue weighted by Gasteiger charge is -2.26. The van der Waals surface area contributed by atoms with Gasteiger partial charge in [0.25, 0.3) is 0 Å². The van der Waals surface area contributed by atoms with E-state index in [1.165, 1.54) is 0 Å². The first-order valence-electron chi connectivity index (χ1n) is 5.18. The van der Waals surface area contributed by atoms with E-state index in [4.69, 9.17) is 11.6 Å². The topological polar surface area (TPSA) is 46.2 Å². The average Bonchev–Trinajstić information content (AvgIpc) is 2.14. The molecule has 0 aromatic rings. The van der Waals surface area contributed by atoms with Crippen molar-refractivity contribution in [2.45, 2.75) is 44.8 Å². The van der Waals surface area contributed by atoms with Crippen molar-refractivity contribution in [3.8, 4) is 0 Å². The molecular weight excluding hydrogens is 279 g/mol. The van der Waals surface area contributed by atoms with Crippen molar-refractivity contribution in [2.75, 3.05) is 11.6 Å². The van der Waals surface area contributed by atoms with E-state index < -0.39 is 40.3 Å². The van der Waals surface area contributed by atoms with Gasteiger partial charge in [0.05, 0.1) is 5.75 Å². The Labute approximate surface area is 105 Å². The summed E-state index contributed by atoms with van der Waals surface area (Å²) in [5.41, 5.74) is -0.807. The van der Waals surface area contributed by atoms with Gasteiger partial charge in [-0.2, -0.15) is 13.2 Å². The molecule has 0 aromatic heterocycles. The molecule has 1 N–H and O–H groups in total. The van der Waals surface area contributed by atoms with E-state index in [0.717, 1.165) is 0 Å². The van der Waals surface area contributed by atoms with E-state index in [0.29, 0.717) is 6.42 Å². The van der Waals surface area contributed by atoms with Gasteiger partial charge in [0, 0.05) is 17.8 Å². The van der Waals surface area contributed by atoms with E-state index in [-0.39, 0.29) is 5.88 Å². The fourth-order valence-electron chi connectivity index (χ4n) is 1.08. The summed E-state index contributed by atoms with van der Waals surface area (Å²) in [4.78, 5) is 0. The molecule has 0 saturated heterocycles. The van der Waals surface area contributed by atoms with Gasteiger partial charge in [0.1, 0.15) is 0 Å². The smallest absolute Gasteiger partial charge is 0.212 e. The molecule has 0 bridgehead atoms. The van der Waals surface area contributed by atoms with Crippen molar-refractivity contribution in [3.05, 3.63) is 0 Å². The van der Waals surface area contributed by atoms with Gasteiger partial charge in [-0.1, -0.05) is 6.92 Å². The summed E-state index contributed by atoms with van der Waals surface area (Å²) in [5.74, 6) is -0.471. The van der Waals surface area contributed by atoms with Crippen LogP contribution in [0.15, 0.2) is 0 Å². The standard InChI is InChI=1S/C9H17ClF3NO2S/c1-3-8(2,7-10)14-17(15,16)6-4-5-9(11,12)13/h14H,3-7H2,1-2H3.